The average molecular weight is 250 g/mol. The number of amides is 1. The van der Waals surface area contributed by atoms with Crippen molar-refractivity contribution in [1.29, 1.82) is 0 Å². The number of hydrogen-bond acceptors (Lipinski definition) is 2. The molecule has 0 aliphatic heterocycles. The summed E-state index contributed by atoms with van der Waals surface area (Å²) in [5, 5.41) is 2.65. The van der Waals surface area contributed by atoms with Crippen LogP contribution in [0.1, 0.15) is 37.7 Å². The summed E-state index contributed by atoms with van der Waals surface area (Å²) in [5.74, 6) is -0.682. The molecule has 0 saturated heterocycles. The Hall–Kier alpha value is -1.42. The van der Waals surface area contributed by atoms with E-state index in [0.717, 1.165) is 19.3 Å². The van der Waals surface area contributed by atoms with Gasteiger partial charge in [-0.05, 0) is 31.4 Å². The molecule has 1 saturated carbocycles. The molecule has 0 unspecified atom stereocenters. The Labute approximate surface area is 107 Å². The Bertz CT molecular complexity index is 433. The van der Waals surface area contributed by atoms with Crippen LogP contribution in [-0.2, 0) is 4.79 Å². The smallest absolute Gasteiger partial charge is 0.244 e. The number of carbonyl (C=O) groups excluding carboxylic acids is 1. The molecular formula is C14H19FN2O. The molecule has 1 aliphatic rings. The van der Waals surface area contributed by atoms with Crippen LogP contribution in [0.25, 0.3) is 0 Å². The number of nitrogens with two attached hydrogens (primary N) is 1. The highest BCUT2D eigenvalue weighted by Gasteiger charge is 2.35. The number of nitrogens with one attached hydrogen (secondary N) is 1. The van der Waals surface area contributed by atoms with E-state index in [4.69, 9.17) is 5.73 Å². The Morgan fingerprint density at radius 2 is 2.00 bits per heavy atom. The summed E-state index contributed by atoms with van der Waals surface area (Å²) < 4.78 is 13.6. The van der Waals surface area contributed by atoms with Crippen LogP contribution >= 0.6 is 0 Å². The molecule has 18 heavy (non-hydrogen) atoms. The van der Waals surface area contributed by atoms with E-state index in [9.17, 15) is 9.18 Å². The Balaban J connectivity index is 2.16. The minimum atomic E-state index is -0.840. The van der Waals surface area contributed by atoms with Crippen molar-refractivity contribution >= 4 is 11.6 Å². The molecule has 0 radical (unpaired) electrons. The maximum absolute atomic E-state index is 13.6. The van der Waals surface area contributed by atoms with Gasteiger partial charge in [0.15, 0.2) is 0 Å². The van der Waals surface area contributed by atoms with Crippen LogP contribution in [0, 0.1) is 12.7 Å². The summed E-state index contributed by atoms with van der Waals surface area (Å²) in [7, 11) is 0. The molecule has 1 aromatic rings. The first kappa shape index (κ1) is 13.0. The van der Waals surface area contributed by atoms with Gasteiger partial charge in [0.05, 0.1) is 11.2 Å². The fraction of sp³-hybridized carbons (Fsp3) is 0.500. The molecule has 3 N–H and O–H groups in total. The third-order valence-electron chi connectivity index (χ3n) is 3.66. The molecule has 0 heterocycles. The highest BCUT2D eigenvalue weighted by atomic mass is 19.1. The second-order valence-electron chi connectivity index (χ2n) is 5.10. The number of carbonyl (C=O) groups is 1. The van der Waals surface area contributed by atoms with E-state index in [2.05, 4.69) is 5.32 Å². The zero-order valence-electron chi connectivity index (χ0n) is 10.6. The molecule has 1 fully saturated rings. The van der Waals surface area contributed by atoms with Crippen LogP contribution in [0.5, 0.6) is 0 Å². The standard InChI is InChI=1S/C14H19FN2O/c1-10-6-5-7-11(15)12(10)17-13(18)14(16)8-3-2-4-9-14/h5-7H,2-4,8-9,16H2,1H3,(H,17,18). The largest absolute Gasteiger partial charge is 0.322 e. The summed E-state index contributed by atoms with van der Waals surface area (Å²) >= 11 is 0. The molecule has 4 heteroatoms. The van der Waals surface area contributed by atoms with Gasteiger partial charge >= 0.3 is 0 Å². The van der Waals surface area contributed by atoms with Gasteiger partial charge in [-0.15, -0.1) is 0 Å². The molecule has 0 bridgehead atoms. The predicted octanol–water partition coefficient (Wildman–Crippen LogP) is 2.73. The normalized spacial score (nSPS) is 18.4. The topological polar surface area (TPSA) is 55.1 Å². The minimum Gasteiger partial charge on any atom is -0.322 e. The summed E-state index contributed by atoms with van der Waals surface area (Å²) in [6, 6.07) is 4.73. The number of anilines is 1. The van der Waals surface area contributed by atoms with Crippen LogP contribution < -0.4 is 11.1 Å². The van der Waals surface area contributed by atoms with Crippen molar-refractivity contribution in [3.8, 4) is 0 Å². The number of rotatable bonds is 2. The van der Waals surface area contributed by atoms with Crippen molar-refractivity contribution in [3.05, 3.63) is 29.6 Å². The van der Waals surface area contributed by atoms with Crippen molar-refractivity contribution < 1.29 is 9.18 Å². The van der Waals surface area contributed by atoms with Crippen LogP contribution in [0.2, 0.25) is 0 Å². The molecule has 98 valence electrons. The van der Waals surface area contributed by atoms with Gasteiger partial charge in [-0.2, -0.15) is 0 Å². The first-order chi connectivity index (χ1) is 8.53. The quantitative estimate of drug-likeness (QED) is 0.848. The van der Waals surface area contributed by atoms with Crippen molar-refractivity contribution in [1.82, 2.24) is 0 Å². The van der Waals surface area contributed by atoms with E-state index in [1.807, 2.05) is 0 Å². The third-order valence-corrected chi connectivity index (χ3v) is 3.66. The lowest BCUT2D eigenvalue weighted by molar-refractivity contribution is -0.122. The van der Waals surface area contributed by atoms with Crippen LogP contribution in [0.3, 0.4) is 0 Å². The van der Waals surface area contributed by atoms with Gasteiger partial charge in [-0.25, -0.2) is 4.39 Å². The summed E-state index contributed by atoms with van der Waals surface area (Å²) in [4.78, 5) is 12.2. The Morgan fingerprint density at radius 1 is 1.33 bits per heavy atom. The maximum atomic E-state index is 13.6. The fourth-order valence-corrected chi connectivity index (χ4v) is 2.44. The molecule has 0 aromatic heterocycles. The van der Waals surface area contributed by atoms with E-state index in [0.29, 0.717) is 18.4 Å². The van der Waals surface area contributed by atoms with Gasteiger partial charge < -0.3 is 11.1 Å². The average Bonchev–Trinajstić information content (AvgIpc) is 2.34. The van der Waals surface area contributed by atoms with Gasteiger partial charge in [0.2, 0.25) is 5.91 Å². The predicted molar refractivity (Wildman–Crippen MR) is 69.8 cm³/mol. The zero-order chi connectivity index (χ0) is 13.2. The van der Waals surface area contributed by atoms with E-state index < -0.39 is 11.4 Å². The summed E-state index contributed by atoms with van der Waals surface area (Å²) in [6.07, 6.45) is 4.38. The minimum absolute atomic E-state index is 0.248. The van der Waals surface area contributed by atoms with Crippen LogP contribution in [0.4, 0.5) is 10.1 Å². The van der Waals surface area contributed by atoms with E-state index in [1.165, 1.54) is 6.07 Å². The monoisotopic (exact) mass is 250 g/mol. The maximum Gasteiger partial charge on any atom is 0.244 e. The number of benzene rings is 1. The lowest BCUT2D eigenvalue weighted by Crippen LogP contribution is -2.52. The van der Waals surface area contributed by atoms with Crippen LogP contribution in [-0.4, -0.2) is 11.4 Å². The third kappa shape index (κ3) is 2.53. The highest BCUT2D eigenvalue weighted by Crippen LogP contribution is 2.28. The molecule has 0 atom stereocenters. The van der Waals surface area contributed by atoms with Crippen molar-refractivity contribution in [3.63, 3.8) is 0 Å². The Morgan fingerprint density at radius 3 is 2.61 bits per heavy atom. The number of para-hydroxylation sites is 1. The molecule has 1 amide bonds. The Kier molecular flexibility index (Phi) is 3.66. The second kappa shape index (κ2) is 5.06. The van der Waals surface area contributed by atoms with Crippen LogP contribution in [0.15, 0.2) is 18.2 Å². The van der Waals surface area contributed by atoms with E-state index in [1.54, 1.807) is 19.1 Å². The SMILES string of the molecule is Cc1cccc(F)c1NC(=O)C1(N)CCCCC1. The summed E-state index contributed by atoms with van der Waals surface area (Å²) in [5.41, 5.74) is 6.23. The molecule has 3 nitrogen and oxygen atoms in total. The number of hydrogen-bond donors (Lipinski definition) is 2. The van der Waals surface area contributed by atoms with Crippen molar-refractivity contribution in [2.45, 2.75) is 44.6 Å². The first-order valence-corrected chi connectivity index (χ1v) is 6.38. The number of aryl methyl sites for hydroxylation is 1. The van der Waals surface area contributed by atoms with Crippen molar-refractivity contribution in [2.75, 3.05) is 5.32 Å². The fourth-order valence-electron chi connectivity index (χ4n) is 2.44. The lowest BCUT2D eigenvalue weighted by Gasteiger charge is -2.32. The highest BCUT2D eigenvalue weighted by molar-refractivity contribution is 5.98. The van der Waals surface area contributed by atoms with Gasteiger partial charge in [0.1, 0.15) is 5.82 Å². The van der Waals surface area contributed by atoms with E-state index in [-0.39, 0.29) is 11.6 Å². The molecule has 1 aromatic carbocycles. The van der Waals surface area contributed by atoms with Crippen molar-refractivity contribution in [2.24, 2.45) is 5.73 Å². The number of halogens is 1. The van der Waals surface area contributed by atoms with Gasteiger partial charge in [-0.3, -0.25) is 4.79 Å². The second-order valence-corrected chi connectivity index (χ2v) is 5.10. The molecule has 0 spiro atoms. The van der Waals surface area contributed by atoms with Gasteiger partial charge in [0, 0.05) is 0 Å². The van der Waals surface area contributed by atoms with Gasteiger partial charge in [0.25, 0.3) is 0 Å². The first-order valence-electron chi connectivity index (χ1n) is 6.38. The van der Waals surface area contributed by atoms with E-state index >= 15 is 0 Å². The summed E-state index contributed by atoms with van der Waals surface area (Å²) in [6.45, 7) is 1.77. The lowest BCUT2D eigenvalue weighted by atomic mass is 9.82. The molecule has 1 aliphatic carbocycles. The zero-order valence-corrected chi connectivity index (χ0v) is 10.6. The molecular weight excluding hydrogens is 231 g/mol. The van der Waals surface area contributed by atoms with Gasteiger partial charge in [-0.1, -0.05) is 31.4 Å². The molecule has 2 rings (SSSR count).